The topological polar surface area (TPSA) is 51.2 Å². The van der Waals surface area contributed by atoms with E-state index in [1.807, 2.05) is 6.92 Å². The molecule has 1 N–H and O–H groups in total. The van der Waals surface area contributed by atoms with Gasteiger partial charge in [-0.1, -0.05) is 39.0 Å². The molecule has 0 aliphatic heterocycles. The number of carbonyl (C=O) groups is 1. The van der Waals surface area contributed by atoms with Gasteiger partial charge in [-0.25, -0.2) is 9.78 Å². The number of esters is 1. The maximum atomic E-state index is 11.5. The first-order valence-corrected chi connectivity index (χ1v) is 6.89. The average Bonchev–Trinajstić information content (AvgIpc) is 2.67. The lowest BCUT2D eigenvalue weighted by molar-refractivity contribution is 0.0605. The van der Waals surface area contributed by atoms with Crippen molar-refractivity contribution in [1.82, 2.24) is 4.98 Å². The summed E-state index contributed by atoms with van der Waals surface area (Å²) in [5, 5.41) is 4.09. The van der Waals surface area contributed by atoms with Crippen LogP contribution < -0.4 is 5.32 Å². The Bertz CT molecular complexity index is 425. The minimum atomic E-state index is -0.318. The standard InChI is InChI=1S/C13H22N2O2S/c1-8(2)13(4,5)7-14-12-15-9(3)10(18-12)11(16)17-6/h8H,7H2,1-6H3,(H,14,15). The van der Waals surface area contributed by atoms with Crippen molar-refractivity contribution in [3.8, 4) is 0 Å². The van der Waals surface area contributed by atoms with Crippen LogP contribution >= 0.6 is 11.3 Å². The minimum absolute atomic E-state index is 0.186. The van der Waals surface area contributed by atoms with Crippen molar-refractivity contribution in [2.45, 2.75) is 34.6 Å². The summed E-state index contributed by atoms with van der Waals surface area (Å²) in [4.78, 5) is 16.4. The molecule has 0 saturated carbocycles. The zero-order valence-corrected chi connectivity index (χ0v) is 12.8. The van der Waals surface area contributed by atoms with Crippen LogP contribution in [0.5, 0.6) is 0 Å². The third kappa shape index (κ3) is 3.45. The van der Waals surface area contributed by atoms with Gasteiger partial charge in [0.25, 0.3) is 0 Å². The van der Waals surface area contributed by atoms with E-state index in [0.717, 1.165) is 17.4 Å². The van der Waals surface area contributed by atoms with Crippen LogP contribution in [-0.2, 0) is 4.74 Å². The van der Waals surface area contributed by atoms with Gasteiger partial charge >= 0.3 is 5.97 Å². The van der Waals surface area contributed by atoms with Crippen LogP contribution in [0.1, 0.15) is 43.1 Å². The van der Waals surface area contributed by atoms with Gasteiger partial charge in [-0.15, -0.1) is 0 Å². The SMILES string of the molecule is COC(=O)c1sc(NCC(C)(C)C(C)C)nc1C. The largest absolute Gasteiger partial charge is 0.465 e. The van der Waals surface area contributed by atoms with E-state index >= 15 is 0 Å². The number of aryl methyl sites for hydroxylation is 1. The summed E-state index contributed by atoms with van der Waals surface area (Å²) in [6, 6.07) is 0. The minimum Gasteiger partial charge on any atom is -0.465 e. The van der Waals surface area contributed by atoms with Crippen molar-refractivity contribution in [2.75, 3.05) is 19.0 Å². The lowest BCUT2D eigenvalue weighted by Crippen LogP contribution is -2.28. The number of carbonyl (C=O) groups excluding carboxylic acids is 1. The zero-order valence-electron chi connectivity index (χ0n) is 12.0. The quantitative estimate of drug-likeness (QED) is 0.834. The summed E-state index contributed by atoms with van der Waals surface area (Å²) in [5.41, 5.74) is 0.905. The smallest absolute Gasteiger partial charge is 0.350 e. The van der Waals surface area contributed by atoms with Gasteiger partial charge in [0.15, 0.2) is 5.13 Å². The maximum Gasteiger partial charge on any atom is 0.350 e. The Morgan fingerprint density at radius 1 is 1.50 bits per heavy atom. The molecule has 0 aliphatic carbocycles. The second kappa shape index (κ2) is 5.69. The van der Waals surface area contributed by atoms with Crippen LogP contribution in [0.3, 0.4) is 0 Å². The Morgan fingerprint density at radius 3 is 2.61 bits per heavy atom. The molecule has 0 amide bonds. The van der Waals surface area contributed by atoms with E-state index in [1.165, 1.54) is 18.4 Å². The molecule has 102 valence electrons. The van der Waals surface area contributed by atoms with Gasteiger partial charge in [0.2, 0.25) is 0 Å². The lowest BCUT2D eigenvalue weighted by Gasteiger charge is -2.29. The second-order valence-electron chi connectivity index (χ2n) is 5.42. The Labute approximate surface area is 113 Å². The third-order valence-corrected chi connectivity index (χ3v) is 4.52. The van der Waals surface area contributed by atoms with Crippen LogP contribution in [-0.4, -0.2) is 24.6 Å². The normalized spacial score (nSPS) is 11.7. The number of ether oxygens (including phenoxy) is 1. The molecular formula is C13H22N2O2S. The molecule has 0 saturated heterocycles. The van der Waals surface area contributed by atoms with Crippen LogP contribution in [0, 0.1) is 18.3 Å². The zero-order chi connectivity index (χ0) is 13.9. The van der Waals surface area contributed by atoms with Crippen molar-refractivity contribution in [3.05, 3.63) is 10.6 Å². The maximum absolute atomic E-state index is 11.5. The molecule has 0 aromatic carbocycles. The molecule has 5 heteroatoms. The van der Waals surface area contributed by atoms with E-state index in [-0.39, 0.29) is 11.4 Å². The number of rotatable bonds is 5. The summed E-state index contributed by atoms with van der Waals surface area (Å²) in [6.45, 7) is 11.5. The van der Waals surface area contributed by atoms with E-state index in [4.69, 9.17) is 4.74 Å². The molecule has 4 nitrogen and oxygen atoms in total. The molecule has 1 rings (SSSR count). The summed E-state index contributed by atoms with van der Waals surface area (Å²) >= 11 is 1.35. The van der Waals surface area contributed by atoms with Crippen molar-refractivity contribution >= 4 is 22.4 Å². The van der Waals surface area contributed by atoms with Crippen molar-refractivity contribution in [3.63, 3.8) is 0 Å². The molecule has 1 aromatic rings. The number of nitrogens with zero attached hydrogens (tertiary/aromatic N) is 1. The first-order valence-electron chi connectivity index (χ1n) is 6.07. The fraction of sp³-hybridized carbons (Fsp3) is 0.692. The second-order valence-corrected chi connectivity index (χ2v) is 6.42. The Hall–Kier alpha value is -1.10. The summed E-state index contributed by atoms with van der Waals surface area (Å²) in [6.07, 6.45) is 0. The average molecular weight is 270 g/mol. The van der Waals surface area contributed by atoms with Gasteiger partial charge in [0.05, 0.1) is 12.8 Å². The van der Waals surface area contributed by atoms with E-state index in [0.29, 0.717) is 10.8 Å². The molecule has 1 heterocycles. The summed E-state index contributed by atoms with van der Waals surface area (Å²) < 4.78 is 4.72. The van der Waals surface area contributed by atoms with Crippen molar-refractivity contribution in [2.24, 2.45) is 11.3 Å². The molecule has 0 atom stereocenters. The van der Waals surface area contributed by atoms with Gasteiger partial charge < -0.3 is 10.1 Å². The fourth-order valence-corrected chi connectivity index (χ4v) is 2.14. The van der Waals surface area contributed by atoms with Gasteiger partial charge in [-0.05, 0) is 18.3 Å². The van der Waals surface area contributed by atoms with Crippen LogP contribution in [0.4, 0.5) is 5.13 Å². The van der Waals surface area contributed by atoms with Gasteiger partial charge in [0, 0.05) is 6.54 Å². The third-order valence-electron chi connectivity index (χ3n) is 3.43. The highest BCUT2D eigenvalue weighted by molar-refractivity contribution is 7.17. The van der Waals surface area contributed by atoms with Crippen LogP contribution in [0.15, 0.2) is 0 Å². The number of aromatic nitrogens is 1. The number of hydrogen-bond acceptors (Lipinski definition) is 5. The first kappa shape index (κ1) is 15.0. The number of anilines is 1. The number of thiazole rings is 1. The highest BCUT2D eigenvalue weighted by atomic mass is 32.1. The molecule has 0 spiro atoms. The summed E-state index contributed by atoms with van der Waals surface area (Å²) in [7, 11) is 1.39. The predicted molar refractivity (Wildman–Crippen MR) is 75.3 cm³/mol. The number of methoxy groups -OCH3 is 1. The number of nitrogens with one attached hydrogen (secondary N) is 1. The molecule has 0 fully saturated rings. The van der Waals surface area contributed by atoms with E-state index in [9.17, 15) is 4.79 Å². The van der Waals surface area contributed by atoms with Gasteiger partial charge in [-0.3, -0.25) is 0 Å². The van der Waals surface area contributed by atoms with Gasteiger partial charge in [0.1, 0.15) is 4.88 Å². The highest BCUT2D eigenvalue weighted by Gasteiger charge is 2.23. The molecule has 1 aromatic heterocycles. The monoisotopic (exact) mass is 270 g/mol. The molecule has 0 unspecified atom stereocenters. The van der Waals surface area contributed by atoms with E-state index in [1.54, 1.807) is 0 Å². The van der Waals surface area contributed by atoms with Gasteiger partial charge in [-0.2, -0.15) is 0 Å². The Morgan fingerprint density at radius 2 is 2.11 bits per heavy atom. The van der Waals surface area contributed by atoms with Crippen LogP contribution in [0.2, 0.25) is 0 Å². The predicted octanol–water partition coefficient (Wildman–Crippen LogP) is 3.33. The van der Waals surface area contributed by atoms with E-state index in [2.05, 4.69) is 38.0 Å². The Balaban J connectivity index is 2.73. The molecule has 0 bridgehead atoms. The molecular weight excluding hydrogens is 248 g/mol. The van der Waals surface area contributed by atoms with Crippen molar-refractivity contribution < 1.29 is 9.53 Å². The first-order chi connectivity index (χ1) is 8.27. The Kier molecular flexibility index (Phi) is 4.73. The highest BCUT2D eigenvalue weighted by Crippen LogP contribution is 2.28. The fourth-order valence-electron chi connectivity index (χ4n) is 1.26. The van der Waals surface area contributed by atoms with E-state index < -0.39 is 0 Å². The summed E-state index contributed by atoms with van der Waals surface area (Å²) in [5.74, 6) is 0.257. The molecule has 0 radical (unpaired) electrons. The van der Waals surface area contributed by atoms with Crippen LogP contribution in [0.25, 0.3) is 0 Å². The lowest BCUT2D eigenvalue weighted by atomic mass is 9.81. The van der Waals surface area contributed by atoms with Crippen molar-refractivity contribution in [1.29, 1.82) is 0 Å². The molecule has 18 heavy (non-hydrogen) atoms. The number of hydrogen-bond donors (Lipinski definition) is 1. The molecule has 0 aliphatic rings.